The van der Waals surface area contributed by atoms with Crippen LogP contribution in [-0.4, -0.2) is 34.5 Å². The summed E-state index contributed by atoms with van der Waals surface area (Å²) in [5, 5.41) is 10.3. The van der Waals surface area contributed by atoms with E-state index in [0.29, 0.717) is 25.1 Å². The second-order valence-corrected chi connectivity index (χ2v) is 8.69. The Morgan fingerprint density at radius 1 is 1.26 bits per heavy atom. The minimum atomic E-state index is -0.705. The molecule has 2 atom stereocenters. The summed E-state index contributed by atoms with van der Waals surface area (Å²) < 4.78 is 7.44. The number of halogens is 1. The van der Waals surface area contributed by atoms with Gasteiger partial charge in [-0.2, -0.15) is 0 Å². The zero-order chi connectivity index (χ0) is 17.3. The van der Waals surface area contributed by atoms with E-state index in [1.54, 1.807) is 0 Å². The Balaban J connectivity index is 2.05. The molecule has 0 bridgehead atoms. The van der Waals surface area contributed by atoms with Crippen molar-refractivity contribution >= 4 is 15.9 Å². The molecule has 23 heavy (non-hydrogen) atoms. The summed E-state index contributed by atoms with van der Waals surface area (Å²) >= 11 is 3.49. The molecular weight excluding hydrogens is 354 g/mol. The van der Waals surface area contributed by atoms with Crippen LogP contribution in [0.3, 0.4) is 0 Å². The maximum Gasteiger partial charge on any atom is 0.100 e. The molecule has 0 aromatic heterocycles. The Labute approximate surface area is 149 Å². The predicted octanol–water partition coefficient (Wildman–Crippen LogP) is 4.75. The number of nitrogens with zero attached hydrogens (tertiary/aromatic N) is 1. The lowest BCUT2D eigenvalue weighted by atomic mass is 9.77. The van der Waals surface area contributed by atoms with Gasteiger partial charge in [0.25, 0.3) is 0 Å². The second kappa shape index (κ2) is 7.22. The van der Waals surface area contributed by atoms with E-state index in [1.165, 1.54) is 5.56 Å². The molecular formula is C19H30BrNO2. The van der Waals surface area contributed by atoms with Gasteiger partial charge in [-0.3, -0.25) is 4.90 Å². The fourth-order valence-electron chi connectivity index (χ4n) is 3.47. The van der Waals surface area contributed by atoms with Gasteiger partial charge in [-0.05, 0) is 50.8 Å². The van der Waals surface area contributed by atoms with Crippen LogP contribution in [0, 0.1) is 5.92 Å². The van der Waals surface area contributed by atoms with E-state index in [2.05, 4.69) is 65.9 Å². The first kappa shape index (κ1) is 18.9. The molecule has 1 unspecified atom stereocenters. The average Bonchev–Trinajstić information content (AvgIpc) is 2.46. The molecule has 1 saturated heterocycles. The molecule has 2 rings (SSSR count). The molecule has 4 heteroatoms. The zero-order valence-corrected chi connectivity index (χ0v) is 16.6. The highest BCUT2D eigenvalue weighted by Crippen LogP contribution is 2.39. The van der Waals surface area contributed by atoms with E-state index in [4.69, 9.17) is 4.74 Å². The molecule has 1 fully saturated rings. The second-order valence-electron chi connectivity index (χ2n) is 7.77. The Morgan fingerprint density at radius 3 is 2.30 bits per heavy atom. The summed E-state index contributed by atoms with van der Waals surface area (Å²) in [6.07, 6.45) is 1.63. The summed E-state index contributed by atoms with van der Waals surface area (Å²) in [5.41, 5.74) is 0.370. The number of aliphatic hydroxyl groups is 1. The van der Waals surface area contributed by atoms with E-state index in [0.717, 1.165) is 17.4 Å². The van der Waals surface area contributed by atoms with Crippen molar-refractivity contribution in [2.75, 3.05) is 13.3 Å². The Hall–Kier alpha value is -0.420. The normalized spacial score (nSPS) is 24.9. The third-order valence-corrected chi connectivity index (χ3v) is 5.55. The molecule has 3 nitrogen and oxygen atoms in total. The van der Waals surface area contributed by atoms with Crippen LogP contribution < -0.4 is 0 Å². The summed E-state index contributed by atoms with van der Waals surface area (Å²) in [6, 6.07) is 8.83. The van der Waals surface area contributed by atoms with E-state index in [1.807, 2.05) is 13.8 Å². The third kappa shape index (κ3) is 4.79. The van der Waals surface area contributed by atoms with Gasteiger partial charge >= 0.3 is 0 Å². The van der Waals surface area contributed by atoms with E-state index in [-0.39, 0.29) is 5.60 Å². The topological polar surface area (TPSA) is 32.7 Å². The van der Waals surface area contributed by atoms with Crippen molar-refractivity contribution in [2.45, 2.75) is 64.7 Å². The van der Waals surface area contributed by atoms with Gasteiger partial charge in [0.15, 0.2) is 0 Å². The molecule has 1 aromatic rings. The number of benzene rings is 1. The summed E-state index contributed by atoms with van der Waals surface area (Å²) in [6.45, 7) is 12.0. The Morgan fingerprint density at radius 2 is 1.87 bits per heavy atom. The standard InChI is InChI=1S/C19H30BrNO2/c1-14(2)19(12-18(4,5)22)10-11-21(13-23-19)15(3)16-6-8-17(20)9-7-16/h6-9,14-15,22H,10-13H2,1-5H3/t15-,19?/m0/s1. The van der Waals surface area contributed by atoms with Gasteiger partial charge in [0.1, 0.15) is 6.73 Å². The minimum absolute atomic E-state index is 0.228. The van der Waals surface area contributed by atoms with Crippen LogP contribution in [0.25, 0.3) is 0 Å². The van der Waals surface area contributed by atoms with Crippen LogP contribution in [-0.2, 0) is 4.74 Å². The minimum Gasteiger partial charge on any atom is -0.390 e. The molecule has 1 N–H and O–H groups in total. The lowest BCUT2D eigenvalue weighted by molar-refractivity contribution is -0.191. The molecule has 1 aliphatic rings. The molecule has 0 saturated carbocycles. The predicted molar refractivity (Wildman–Crippen MR) is 98.3 cm³/mol. The molecule has 0 amide bonds. The Bertz CT molecular complexity index is 499. The van der Waals surface area contributed by atoms with Crippen LogP contribution in [0.1, 0.15) is 59.1 Å². The van der Waals surface area contributed by atoms with Crippen molar-refractivity contribution in [2.24, 2.45) is 5.92 Å². The molecule has 1 aliphatic heterocycles. The molecule has 0 spiro atoms. The largest absolute Gasteiger partial charge is 0.390 e. The van der Waals surface area contributed by atoms with Crippen LogP contribution in [0.2, 0.25) is 0 Å². The van der Waals surface area contributed by atoms with Crippen LogP contribution >= 0.6 is 15.9 Å². The van der Waals surface area contributed by atoms with Gasteiger partial charge < -0.3 is 9.84 Å². The highest BCUT2D eigenvalue weighted by Gasteiger charge is 2.42. The molecule has 0 aliphatic carbocycles. The quantitative estimate of drug-likeness (QED) is 0.796. The van der Waals surface area contributed by atoms with Gasteiger partial charge in [0.2, 0.25) is 0 Å². The summed E-state index contributed by atoms with van der Waals surface area (Å²) in [4.78, 5) is 2.37. The van der Waals surface area contributed by atoms with E-state index >= 15 is 0 Å². The highest BCUT2D eigenvalue weighted by atomic mass is 79.9. The maximum absolute atomic E-state index is 10.3. The van der Waals surface area contributed by atoms with Crippen molar-refractivity contribution in [3.63, 3.8) is 0 Å². The lowest BCUT2D eigenvalue weighted by Crippen LogP contribution is -2.53. The SMILES string of the molecule is CC(C)C1(CC(C)(C)O)CCN([C@@H](C)c2ccc(Br)cc2)CO1. The fourth-order valence-corrected chi connectivity index (χ4v) is 3.73. The fraction of sp³-hybridized carbons (Fsp3) is 0.684. The van der Waals surface area contributed by atoms with Gasteiger partial charge in [0.05, 0.1) is 11.2 Å². The van der Waals surface area contributed by atoms with Crippen molar-refractivity contribution in [1.29, 1.82) is 0 Å². The van der Waals surface area contributed by atoms with Crippen molar-refractivity contribution in [1.82, 2.24) is 4.90 Å². The van der Waals surface area contributed by atoms with Crippen LogP contribution in [0.15, 0.2) is 28.7 Å². The number of rotatable bonds is 5. The van der Waals surface area contributed by atoms with Crippen molar-refractivity contribution < 1.29 is 9.84 Å². The first-order valence-corrected chi connectivity index (χ1v) is 9.28. The first-order chi connectivity index (χ1) is 10.6. The van der Waals surface area contributed by atoms with E-state index in [9.17, 15) is 5.11 Å². The van der Waals surface area contributed by atoms with E-state index < -0.39 is 5.60 Å². The highest BCUT2D eigenvalue weighted by molar-refractivity contribution is 9.10. The van der Waals surface area contributed by atoms with Gasteiger partial charge in [0, 0.05) is 23.5 Å². The van der Waals surface area contributed by atoms with Crippen molar-refractivity contribution in [3.8, 4) is 0 Å². The van der Waals surface area contributed by atoms with Gasteiger partial charge in [-0.25, -0.2) is 0 Å². The monoisotopic (exact) mass is 383 g/mol. The summed E-state index contributed by atoms with van der Waals surface area (Å²) in [7, 11) is 0. The number of ether oxygens (including phenoxy) is 1. The summed E-state index contributed by atoms with van der Waals surface area (Å²) in [5.74, 6) is 0.388. The zero-order valence-electron chi connectivity index (χ0n) is 15.0. The van der Waals surface area contributed by atoms with Crippen LogP contribution in [0.4, 0.5) is 0 Å². The average molecular weight is 384 g/mol. The number of hydrogen-bond donors (Lipinski definition) is 1. The van der Waals surface area contributed by atoms with Crippen molar-refractivity contribution in [3.05, 3.63) is 34.3 Å². The Kier molecular flexibility index (Phi) is 5.94. The number of hydrogen-bond acceptors (Lipinski definition) is 3. The molecule has 0 radical (unpaired) electrons. The first-order valence-electron chi connectivity index (χ1n) is 8.49. The lowest BCUT2D eigenvalue weighted by Gasteiger charge is -2.48. The third-order valence-electron chi connectivity index (χ3n) is 5.02. The smallest absolute Gasteiger partial charge is 0.100 e. The molecule has 130 valence electrons. The van der Waals surface area contributed by atoms with Crippen LogP contribution in [0.5, 0.6) is 0 Å². The molecule has 1 heterocycles. The van der Waals surface area contributed by atoms with Gasteiger partial charge in [-0.1, -0.05) is 41.9 Å². The maximum atomic E-state index is 10.3. The van der Waals surface area contributed by atoms with Gasteiger partial charge in [-0.15, -0.1) is 0 Å². The molecule has 1 aromatic carbocycles.